The number of carbonyl (C=O) groups excluding carboxylic acids is 1. The summed E-state index contributed by atoms with van der Waals surface area (Å²) in [5, 5.41) is 0. The second-order valence-electron chi connectivity index (χ2n) is 3.53. The molecule has 1 aliphatic heterocycles. The summed E-state index contributed by atoms with van der Waals surface area (Å²) in [6, 6.07) is 6.14. The van der Waals surface area contributed by atoms with Crippen molar-refractivity contribution in [1.82, 2.24) is 4.90 Å². The summed E-state index contributed by atoms with van der Waals surface area (Å²) < 4.78 is 13.2. The summed E-state index contributed by atoms with van der Waals surface area (Å²) in [4.78, 5) is 13.6. The van der Waals surface area contributed by atoms with Crippen molar-refractivity contribution < 1.29 is 9.18 Å². The molecule has 1 fully saturated rings. The third-order valence-corrected chi connectivity index (χ3v) is 2.49. The van der Waals surface area contributed by atoms with Crippen LogP contribution in [0.3, 0.4) is 0 Å². The topological polar surface area (TPSA) is 20.3 Å². The van der Waals surface area contributed by atoms with Crippen LogP contribution in [-0.4, -0.2) is 30.3 Å². The number of halogens is 1. The molecule has 1 aliphatic rings. The summed E-state index contributed by atoms with van der Waals surface area (Å²) in [6.07, 6.45) is 1.14. The van der Waals surface area contributed by atoms with Crippen molar-refractivity contribution >= 4 is 5.78 Å². The maximum Gasteiger partial charge on any atom is 0.179 e. The van der Waals surface area contributed by atoms with Crippen LogP contribution in [0.4, 0.5) is 4.39 Å². The number of ketones is 1. The monoisotopic (exact) mass is 193 g/mol. The Morgan fingerprint density at radius 2 is 2.07 bits per heavy atom. The Hall–Kier alpha value is -1.22. The third-order valence-electron chi connectivity index (χ3n) is 2.49. The molecule has 1 saturated heterocycles. The number of rotatable bonds is 3. The van der Waals surface area contributed by atoms with Gasteiger partial charge in [-0.1, -0.05) is 12.1 Å². The lowest BCUT2D eigenvalue weighted by Gasteiger charge is -2.29. The highest BCUT2D eigenvalue weighted by molar-refractivity contribution is 5.97. The highest BCUT2D eigenvalue weighted by Crippen LogP contribution is 2.11. The Labute approximate surface area is 82.3 Å². The standard InChI is InChI=1S/C11H12FNO/c12-10-5-2-1-4-9(10)11(14)8-13-6-3-7-13/h1-2,4-5H,3,6-8H2. The van der Waals surface area contributed by atoms with Crippen molar-refractivity contribution in [3.05, 3.63) is 35.6 Å². The molecular weight excluding hydrogens is 181 g/mol. The highest BCUT2D eigenvalue weighted by Gasteiger charge is 2.19. The number of hydrogen-bond donors (Lipinski definition) is 0. The Kier molecular flexibility index (Phi) is 2.59. The molecule has 0 saturated carbocycles. The fraction of sp³-hybridized carbons (Fsp3) is 0.364. The lowest BCUT2D eigenvalue weighted by Crippen LogP contribution is -2.40. The van der Waals surface area contributed by atoms with Gasteiger partial charge in [0.2, 0.25) is 0 Å². The largest absolute Gasteiger partial charge is 0.296 e. The van der Waals surface area contributed by atoms with Crippen molar-refractivity contribution in [2.75, 3.05) is 19.6 Å². The SMILES string of the molecule is O=C(CN1CCC1)c1ccccc1F. The third kappa shape index (κ3) is 1.82. The van der Waals surface area contributed by atoms with Crippen molar-refractivity contribution in [2.24, 2.45) is 0 Å². The van der Waals surface area contributed by atoms with Gasteiger partial charge in [0.1, 0.15) is 5.82 Å². The van der Waals surface area contributed by atoms with Crippen LogP contribution in [0.2, 0.25) is 0 Å². The van der Waals surface area contributed by atoms with E-state index in [0.717, 1.165) is 19.5 Å². The summed E-state index contributed by atoms with van der Waals surface area (Å²) in [7, 11) is 0. The van der Waals surface area contributed by atoms with Crippen LogP contribution >= 0.6 is 0 Å². The van der Waals surface area contributed by atoms with E-state index in [1.54, 1.807) is 12.1 Å². The van der Waals surface area contributed by atoms with Gasteiger partial charge < -0.3 is 0 Å². The molecule has 74 valence electrons. The number of hydrogen-bond acceptors (Lipinski definition) is 2. The van der Waals surface area contributed by atoms with E-state index in [1.807, 2.05) is 4.90 Å². The van der Waals surface area contributed by atoms with Crippen LogP contribution in [0, 0.1) is 5.82 Å². The molecule has 0 N–H and O–H groups in total. The normalized spacial score (nSPS) is 16.4. The van der Waals surface area contributed by atoms with Gasteiger partial charge in [0.05, 0.1) is 12.1 Å². The van der Waals surface area contributed by atoms with Crippen molar-refractivity contribution in [3.63, 3.8) is 0 Å². The minimum atomic E-state index is -0.418. The van der Waals surface area contributed by atoms with Gasteiger partial charge in [-0.05, 0) is 31.6 Å². The molecule has 0 aliphatic carbocycles. The number of likely N-dealkylation sites (tertiary alicyclic amines) is 1. The molecule has 1 heterocycles. The van der Waals surface area contributed by atoms with Crippen LogP contribution in [0.15, 0.2) is 24.3 Å². The van der Waals surface area contributed by atoms with E-state index in [2.05, 4.69) is 0 Å². The minimum Gasteiger partial charge on any atom is -0.296 e. The molecule has 0 aromatic heterocycles. The predicted molar refractivity (Wildman–Crippen MR) is 51.8 cm³/mol. The minimum absolute atomic E-state index is 0.122. The first kappa shape index (κ1) is 9.34. The average molecular weight is 193 g/mol. The van der Waals surface area contributed by atoms with Crippen molar-refractivity contribution in [2.45, 2.75) is 6.42 Å². The molecule has 0 atom stereocenters. The lowest BCUT2D eigenvalue weighted by atomic mass is 10.1. The van der Waals surface area contributed by atoms with E-state index in [-0.39, 0.29) is 11.3 Å². The molecule has 14 heavy (non-hydrogen) atoms. The van der Waals surface area contributed by atoms with E-state index < -0.39 is 5.82 Å². The quantitative estimate of drug-likeness (QED) is 0.681. The average Bonchev–Trinajstić information content (AvgIpc) is 2.12. The first-order chi connectivity index (χ1) is 6.77. The lowest BCUT2D eigenvalue weighted by molar-refractivity contribution is 0.0871. The Balaban J connectivity index is 2.06. The molecular formula is C11H12FNO. The second kappa shape index (κ2) is 3.88. The molecule has 0 unspecified atom stereocenters. The fourth-order valence-corrected chi connectivity index (χ4v) is 1.52. The van der Waals surface area contributed by atoms with Gasteiger partial charge in [-0.3, -0.25) is 9.69 Å². The van der Waals surface area contributed by atoms with Gasteiger partial charge in [0.25, 0.3) is 0 Å². The van der Waals surface area contributed by atoms with Gasteiger partial charge in [0.15, 0.2) is 5.78 Å². The molecule has 2 rings (SSSR count). The zero-order valence-electron chi connectivity index (χ0n) is 7.87. The molecule has 1 aromatic carbocycles. The van der Waals surface area contributed by atoms with Gasteiger partial charge in [-0.15, -0.1) is 0 Å². The van der Waals surface area contributed by atoms with E-state index in [4.69, 9.17) is 0 Å². The number of carbonyl (C=O) groups is 1. The molecule has 0 amide bonds. The highest BCUT2D eigenvalue weighted by atomic mass is 19.1. The van der Waals surface area contributed by atoms with Gasteiger partial charge in [-0.25, -0.2) is 4.39 Å². The van der Waals surface area contributed by atoms with E-state index in [9.17, 15) is 9.18 Å². The molecule has 0 radical (unpaired) electrons. The van der Waals surface area contributed by atoms with Crippen LogP contribution < -0.4 is 0 Å². The first-order valence-electron chi connectivity index (χ1n) is 4.77. The van der Waals surface area contributed by atoms with Gasteiger partial charge in [0, 0.05) is 0 Å². The summed E-state index contributed by atoms with van der Waals surface area (Å²) >= 11 is 0. The van der Waals surface area contributed by atoms with E-state index in [0.29, 0.717) is 6.54 Å². The Morgan fingerprint density at radius 1 is 1.36 bits per heavy atom. The number of nitrogens with zero attached hydrogens (tertiary/aromatic N) is 1. The maximum atomic E-state index is 13.2. The fourth-order valence-electron chi connectivity index (χ4n) is 1.52. The number of Topliss-reactive ketones (excluding diaryl/α,β-unsaturated/α-hetero) is 1. The van der Waals surface area contributed by atoms with Crippen LogP contribution in [-0.2, 0) is 0 Å². The predicted octanol–water partition coefficient (Wildman–Crippen LogP) is 1.71. The molecule has 0 bridgehead atoms. The molecule has 1 aromatic rings. The zero-order chi connectivity index (χ0) is 9.97. The van der Waals surface area contributed by atoms with Crippen molar-refractivity contribution in [1.29, 1.82) is 0 Å². The van der Waals surface area contributed by atoms with Gasteiger partial charge in [-0.2, -0.15) is 0 Å². The first-order valence-corrected chi connectivity index (χ1v) is 4.77. The Bertz CT molecular complexity index is 347. The van der Waals surface area contributed by atoms with Crippen LogP contribution in [0.1, 0.15) is 16.8 Å². The molecule has 0 spiro atoms. The van der Waals surface area contributed by atoms with Crippen molar-refractivity contribution in [3.8, 4) is 0 Å². The maximum absolute atomic E-state index is 13.2. The summed E-state index contributed by atoms with van der Waals surface area (Å²) in [6.45, 7) is 2.27. The van der Waals surface area contributed by atoms with Gasteiger partial charge >= 0.3 is 0 Å². The molecule has 2 nitrogen and oxygen atoms in total. The van der Waals surface area contributed by atoms with E-state index in [1.165, 1.54) is 12.1 Å². The van der Waals surface area contributed by atoms with Crippen LogP contribution in [0.5, 0.6) is 0 Å². The van der Waals surface area contributed by atoms with Crippen LogP contribution in [0.25, 0.3) is 0 Å². The Morgan fingerprint density at radius 3 is 2.64 bits per heavy atom. The summed E-state index contributed by atoms with van der Waals surface area (Å²) in [5.41, 5.74) is 0.208. The smallest absolute Gasteiger partial charge is 0.179 e. The van der Waals surface area contributed by atoms with E-state index >= 15 is 0 Å². The summed E-state index contributed by atoms with van der Waals surface area (Å²) in [5.74, 6) is -0.541. The molecule has 3 heteroatoms. The number of benzene rings is 1. The second-order valence-corrected chi connectivity index (χ2v) is 3.53. The zero-order valence-corrected chi connectivity index (χ0v) is 7.87.